The molecule has 1 radical (unpaired) electrons. The van der Waals surface area contributed by atoms with Gasteiger partial charge in [-0.05, 0) is 18.6 Å². The average molecular weight is 230 g/mol. The van der Waals surface area contributed by atoms with Crippen LogP contribution in [0, 0.1) is 6.92 Å². The maximum absolute atomic E-state index is 5.62. The second kappa shape index (κ2) is 5.43. The summed E-state index contributed by atoms with van der Waals surface area (Å²) >= 11 is 0. The average Bonchev–Trinajstić information content (AvgIpc) is 2.74. The van der Waals surface area contributed by atoms with Gasteiger partial charge in [-0.15, -0.1) is 5.10 Å². The van der Waals surface area contributed by atoms with Gasteiger partial charge < -0.3 is 5.73 Å². The zero-order valence-electron chi connectivity index (χ0n) is 9.71. The lowest BCUT2D eigenvalue weighted by molar-refractivity contribution is 0.562. The van der Waals surface area contributed by atoms with Crippen LogP contribution in [0.15, 0.2) is 24.4 Å². The molecule has 5 heteroatoms. The predicted molar refractivity (Wildman–Crippen MR) is 66.1 cm³/mol. The molecule has 2 aromatic heterocycles. The summed E-state index contributed by atoms with van der Waals surface area (Å²) in [6.45, 7) is 4.66. The molecule has 5 nitrogen and oxygen atoms in total. The van der Waals surface area contributed by atoms with Crippen LogP contribution in [-0.2, 0) is 13.0 Å². The number of aromatic nitrogens is 4. The lowest BCUT2D eigenvalue weighted by Crippen LogP contribution is -1.98. The van der Waals surface area contributed by atoms with E-state index in [0.29, 0.717) is 12.2 Å². The minimum atomic E-state index is 0.534. The molecule has 0 unspecified atom stereocenters. The highest BCUT2D eigenvalue weighted by Gasteiger charge is 2.03. The molecule has 0 aromatic carbocycles. The zero-order valence-corrected chi connectivity index (χ0v) is 9.71. The molecule has 0 bridgehead atoms. The van der Waals surface area contributed by atoms with Crippen molar-refractivity contribution in [1.29, 1.82) is 0 Å². The molecular weight excluding hydrogens is 214 g/mol. The molecule has 0 aliphatic carbocycles. The Kier molecular flexibility index (Phi) is 3.69. The van der Waals surface area contributed by atoms with E-state index >= 15 is 0 Å². The fourth-order valence-electron chi connectivity index (χ4n) is 1.58. The van der Waals surface area contributed by atoms with Gasteiger partial charge in [-0.3, -0.25) is 4.68 Å². The zero-order chi connectivity index (χ0) is 12.1. The first kappa shape index (κ1) is 11.6. The van der Waals surface area contributed by atoms with Crippen molar-refractivity contribution in [3.63, 3.8) is 0 Å². The summed E-state index contributed by atoms with van der Waals surface area (Å²) < 4.78 is 1.84. The number of aryl methyl sites for hydroxylation is 1. The molecule has 0 atom stereocenters. The van der Waals surface area contributed by atoms with E-state index in [1.165, 1.54) is 0 Å². The Balaban J connectivity index is 2.01. The van der Waals surface area contributed by atoms with Crippen LogP contribution >= 0.6 is 0 Å². The smallest absolute Gasteiger partial charge is 0.123 e. The Hall–Kier alpha value is -1.91. The second-order valence-electron chi connectivity index (χ2n) is 3.91. The van der Waals surface area contributed by atoms with Crippen molar-refractivity contribution >= 4 is 5.82 Å². The number of hydrogen-bond acceptors (Lipinski definition) is 4. The monoisotopic (exact) mass is 230 g/mol. The molecule has 0 saturated heterocycles. The minimum Gasteiger partial charge on any atom is -0.384 e. The molecule has 2 rings (SSSR count). The summed E-state index contributed by atoms with van der Waals surface area (Å²) in [4.78, 5) is 4.23. The van der Waals surface area contributed by atoms with Crippen molar-refractivity contribution in [2.45, 2.75) is 25.8 Å². The van der Waals surface area contributed by atoms with Gasteiger partial charge in [0.1, 0.15) is 5.82 Å². The van der Waals surface area contributed by atoms with Gasteiger partial charge in [0.2, 0.25) is 0 Å². The summed E-state index contributed by atoms with van der Waals surface area (Å²) in [5.41, 5.74) is 7.44. The molecular formula is C12H16N5. The fraction of sp³-hybridized carbons (Fsp3) is 0.333. The lowest BCUT2D eigenvalue weighted by atomic mass is 10.2. The maximum Gasteiger partial charge on any atom is 0.123 e. The van der Waals surface area contributed by atoms with Crippen LogP contribution in [0.2, 0.25) is 0 Å². The van der Waals surface area contributed by atoms with E-state index in [9.17, 15) is 0 Å². The van der Waals surface area contributed by atoms with Gasteiger partial charge in [-0.25, -0.2) is 4.98 Å². The second-order valence-corrected chi connectivity index (χ2v) is 3.91. The van der Waals surface area contributed by atoms with E-state index in [-0.39, 0.29) is 0 Å². The first-order valence-electron chi connectivity index (χ1n) is 5.67. The molecule has 0 saturated carbocycles. The van der Waals surface area contributed by atoms with Crippen LogP contribution < -0.4 is 5.73 Å². The third-order valence-corrected chi connectivity index (χ3v) is 2.41. The van der Waals surface area contributed by atoms with E-state index < -0.39 is 0 Å². The molecule has 0 fully saturated rings. The highest BCUT2D eigenvalue weighted by atomic mass is 15.4. The number of nitrogens with zero attached hydrogens (tertiary/aromatic N) is 4. The number of nitrogens with two attached hydrogens (primary N) is 1. The van der Waals surface area contributed by atoms with Crippen LogP contribution in [0.4, 0.5) is 5.82 Å². The van der Waals surface area contributed by atoms with E-state index in [4.69, 9.17) is 5.73 Å². The summed E-state index contributed by atoms with van der Waals surface area (Å²) in [5, 5.41) is 8.16. The molecule has 0 aliphatic heterocycles. The van der Waals surface area contributed by atoms with Gasteiger partial charge >= 0.3 is 0 Å². The number of rotatable bonds is 5. The first-order valence-corrected chi connectivity index (χ1v) is 5.67. The summed E-state index contributed by atoms with van der Waals surface area (Å²) in [6, 6.07) is 5.60. The van der Waals surface area contributed by atoms with E-state index in [1.54, 1.807) is 6.07 Å². The molecule has 0 spiro atoms. The summed E-state index contributed by atoms with van der Waals surface area (Å²) in [7, 11) is 0. The Morgan fingerprint density at radius 2 is 2.18 bits per heavy atom. The van der Waals surface area contributed by atoms with Crippen LogP contribution in [0.1, 0.15) is 24.2 Å². The highest BCUT2D eigenvalue weighted by molar-refractivity contribution is 5.29. The topological polar surface area (TPSA) is 69.6 Å². The number of anilines is 1. The molecule has 0 aliphatic rings. The van der Waals surface area contributed by atoms with Crippen LogP contribution in [0.3, 0.4) is 0 Å². The number of pyridine rings is 1. The van der Waals surface area contributed by atoms with Crippen LogP contribution in [0.5, 0.6) is 0 Å². The van der Waals surface area contributed by atoms with E-state index in [2.05, 4.69) is 22.2 Å². The first-order chi connectivity index (χ1) is 8.28. The standard InChI is InChI=1S/C12H16N5/c1-2-3-7-17-9-11(15-16-17)8-10-5-4-6-12(13)14-10/h4-6,9H,1-3,7-8H2,(H2,13,14). The minimum absolute atomic E-state index is 0.534. The molecule has 17 heavy (non-hydrogen) atoms. The molecule has 0 amide bonds. The SMILES string of the molecule is [CH2]CCCn1cc(Cc2cccc(N)n2)nn1. The van der Waals surface area contributed by atoms with Gasteiger partial charge in [0, 0.05) is 24.9 Å². The van der Waals surface area contributed by atoms with Crippen molar-refractivity contribution in [1.82, 2.24) is 20.0 Å². The maximum atomic E-state index is 5.62. The van der Waals surface area contributed by atoms with Gasteiger partial charge in [0.15, 0.2) is 0 Å². The molecule has 89 valence electrons. The highest BCUT2D eigenvalue weighted by Crippen LogP contribution is 2.06. The third kappa shape index (κ3) is 3.27. The number of hydrogen-bond donors (Lipinski definition) is 1. The van der Waals surface area contributed by atoms with Crippen LogP contribution in [0.25, 0.3) is 0 Å². The van der Waals surface area contributed by atoms with Crippen molar-refractivity contribution in [2.75, 3.05) is 5.73 Å². The van der Waals surface area contributed by atoms with Gasteiger partial charge in [0.25, 0.3) is 0 Å². The van der Waals surface area contributed by atoms with Crippen molar-refractivity contribution in [3.05, 3.63) is 42.7 Å². The summed E-state index contributed by atoms with van der Waals surface area (Å²) in [6.07, 6.45) is 4.53. The van der Waals surface area contributed by atoms with Crippen molar-refractivity contribution in [3.8, 4) is 0 Å². The lowest BCUT2D eigenvalue weighted by Gasteiger charge is -1.98. The Bertz CT molecular complexity index is 477. The van der Waals surface area contributed by atoms with E-state index in [0.717, 1.165) is 30.8 Å². The predicted octanol–water partition coefficient (Wildman–Crippen LogP) is 1.46. The van der Waals surface area contributed by atoms with Crippen LogP contribution in [-0.4, -0.2) is 20.0 Å². The fourth-order valence-corrected chi connectivity index (χ4v) is 1.58. The molecule has 2 N–H and O–H groups in total. The van der Waals surface area contributed by atoms with Gasteiger partial charge in [-0.2, -0.15) is 0 Å². The molecule has 2 heterocycles. The van der Waals surface area contributed by atoms with Gasteiger partial charge in [-0.1, -0.05) is 24.6 Å². The Labute approximate surface area is 101 Å². The quantitative estimate of drug-likeness (QED) is 0.844. The third-order valence-electron chi connectivity index (χ3n) is 2.41. The largest absolute Gasteiger partial charge is 0.384 e. The molecule has 2 aromatic rings. The van der Waals surface area contributed by atoms with E-state index in [1.807, 2.05) is 23.0 Å². The Morgan fingerprint density at radius 1 is 1.29 bits per heavy atom. The Morgan fingerprint density at radius 3 is 2.94 bits per heavy atom. The van der Waals surface area contributed by atoms with Gasteiger partial charge in [0.05, 0.1) is 5.69 Å². The summed E-state index contributed by atoms with van der Waals surface area (Å²) in [5.74, 6) is 0.534. The number of nitrogen functional groups attached to an aromatic ring is 1. The number of unbranched alkanes of at least 4 members (excludes halogenated alkanes) is 1. The van der Waals surface area contributed by atoms with Crippen molar-refractivity contribution in [2.24, 2.45) is 0 Å². The normalized spacial score (nSPS) is 10.6. The van der Waals surface area contributed by atoms with Crippen molar-refractivity contribution < 1.29 is 0 Å².